The van der Waals surface area contributed by atoms with Crippen molar-refractivity contribution in [3.63, 3.8) is 0 Å². The number of benzene rings is 1. The van der Waals surface area contributed by atoms with Gasteiger partial charge < -0.3 is 5.32 Å². The van der Waals surface area contributed by atoms with Crippen LogP contribution in [0, 0.1) is 3.57 Å². The minimum Gasteiger partial charge on any atom is -0.382 e. The second-order valence-corrected chi connectivity index (χ2v) is 6.59. The van der Waals surface area contributed by atoms with Crippen LogP contribution in [0.1, 0.15) is 65.2 Å². The van der Waals surface area contributed by atoms with E-state index in [1.807, 2.05) is 0 Å². The van der Waals surface area contributed by atoms with Gasteiger partial charge in [0, 0.05) is 15.3 Å². The first-order valence-corrected chi connectivity index (χ1v) is 8.86. The highest BCUT2D eigenvalue weighted by Gasteiger charge is 2.08. The van der Waals surface area contributed by atoms with Gasteiger partial charge in [0.1, 0.15) is 0 Å². The Labute approximate surface area is 132 Å². The quantitative estimate of drug-likeness (QED) is 0.379. The second-order valence-electron chi connectivity index (χ2n) is 5.34. The molecule has 0 aliphatic heterocycles. The molecule has 0 fully saturated rings. The molecule has 1 aromatic carbocycles. The molecule has 0 unspecified atom stereocenters. The number of unbranched alkanes of at least 4 members (excludes halogenated alkanes) is 4. The summed E-state index contributed by atoms with van der Waals surface area (Å²) in [4.78, 5) is 0. The Hall–Kier alpha value is -0.250. The third kappa shape index (κ3) is 7.81. The van der Waals surface area contributed by atoms with E-state index >= 15 is 0 Å². The molecular formula is C17H28IN. The van der Waals surface area contributed by atoms with Crippen LogP contribution in [0.4, 0.5) is 5.69 Å². The van der Waals surface area contributed by atoms with Crippen LogP contribution in [0.25, 0.3) is 0 Å². The minimum absolute atomic E-state index is 0.649. The Morgan fingerprint density at radius 2 is 1.63 bits per heavy atom. The van der Waals surface area contributed by atoms with E-state index in [0.717, 1.165) is 0 Å². The van der Waals surface area contributed by atoms with Crippen molar-refractivity contribution in [2.24, 2.45) is 0 Å². The Kier molecular flexibility index (Phi) is 9.31. The van der Waals surface area contributed by atoms with Crippen LogP contribution < -0.4 is 5.32 Å². The van der Waals surface area contributed by atoms with E-state index in [4.69, 9.17) is 0 Å². The standard InChI is InChI=1S/C17H28IN/c1-3-5-7-11-16(12-8-6-4-2)19-17-13-9-10-15(18)14-17/h9-10,13-14,16,19H,3-8,11-12H2,1-2H3. The summed E-state index contributed by atoms with van der Waals surface area (Å²) in [5.41, 5.74) is 1.28. The van der Waals surface area contributed by atoms with Gasteiger partial charge in [0.2, 0.25) is 0 Å². The van der Waals surface area contributed by atoms with E-state index in [2.05, 4.69) is 66.0 Å². The molecule has 1 nitrogen and oxygen atoms in total. The van der Waals surface area contributed by atoms with Crippen LogP contribution in [-0.2, 0) is 0 Å². The second kappa shape index (κ2) is 10.5. The van der Waals surface area contributed by atoms with Gasteiger partial charge in [0.25, 0.3) is 0 Å². The fourth-order valence-electron chi connectivity index (χ4n) is 2.38. The van der Waals surface area contributed by atoms with Crippen molar-refractivity contribution in [2.45, 2.75) is 71.3 Å². The number of hydrogen-bond acceptors (Lipinski definition) is 1. The lowest BCUT2D eigenvalue weighted by Crippen LogP contribution is -2.19. The monoisotopic (exact) mass is 373 g/mol. The third-order valence-corrected chi connectivity index (χ3v) is 4.18. The van der Waals surface area contributed by atoms with E-state index in [0.29, 0.717) is 6.04 Å². The topological polar surface area (TPSA) is 12.0 Å². The first-order valence-electron chi connectivity index (χ1n) is 7.78. The molecule has 0 bridgehead atoms. The maximum atomic E-state index is 3.73. The summed E-state index contributed by atoms with van der Waals surface area (Å²) in [6.07, 6.45) is 10.7. The van der Waals surface area contributed by atoms with Gasteiger partial charge in [-0.15, -0.1) is 0 Å². The lowest BCUT2D eigenvalue weighted by molar-refractivity contribution is 0.526. The predicted octanol–water partition coefficient (Wildman–Crippen LogP) is 6.23. The number of hydrogen-bond donors (Lipinski definition) is 1. The molecule has 2 heteroatoms. The predicted molar refractivity (Wildman–Crippen MR) is 94.9 cm³/mol. The van der Waals surface area contributed by atoms with E-state index in [1.54, 1.807) is 0 Å². The van der Waals surface area contributed by atoms with Gasteiger partial charge in [-0.1, -0.05) is 58.4 Å². The fourth-order valence-corrected chi connectivity index (χ4v) is 2.93. The third-order valence-electron chi connectivity index (χ3n) is 3.51. The van der Waals surface area contributed by atoms with Gasteiger partial charge in [-0.05, 0) is 53.6 Å². The molecule has 0 aliphatic rings. The van der Waals surface area contributed by atoms with Crippen LogP contribution >= 0.6 is 22.6 Å². The van der Waals surface area contributed by atoms with Crippen molar-refractivity contribution in [1.82, 2.24) is 0 Å². The van der Waals surface area contributed by atoms with Gasteiger partial charge in [-0.25, -0.2) is 0 Å². The number of anilines is 1. The zero-order chi connectivity index (χ0) is 13.9. The first kappa shape index (κ1) is 16.8. The Bertz CT molecular complexity index is 328. The molecule has 108 valence electrons. The van der Waals surface area contributed by atoms with E-state index in [-0.39, 0.29) is 0 Å². The van der Waals surface area contributed by atoms with Gasteiger partial charge in [0.15, 0.2) is 0 Å². The molecule has 0 amide bonds. The highest BCUT2D eigenvalue weighted by Crippen LogP contribution is 2.18. The Morgan fingerprint density at radius 1 is 1.00 bits per heavy atom. The van der Waals surface area contributed by atoms with Crippen LogP contribution in [-0.4, -0.2) is 6.04 Å². The van der Waals surface area contributed by atoms with Crippen molar-refractivity contribution >= 4 is 28.3 Å². The van der Waals surface area contributed by atoms with Crippen molar-refractivity contribution in [3.8, 4) is 0 Å². The lowest BCUT2D eigenvalue weighted by atomic mass is 10.0. The molecule has 0 aromatic heterocycles. The largest absolute Gasteiger partial charge is 0.382 e. The lowest BCUT2D eigenvalue weighted by Gasteiger charge is -2.20. The zero-order valence-corrected chi connectivity index (χ0v) is 14.6. The van der Waals surface area contributed by atoms with Gasteiger partial charge >= 0.3 is 0 Å². The average Bonchev–Trinajstić information content (AvgIpc) is 2.39. The summed E-state index contributed by atoms with van der Waals surface area (Å²) in [6, 6.07) is 9.37. The normalized spacial score (nSPS) is 10.9. The Balaban J connectivity index is 2.46. The summed E-state index contributed by atoms with van der Waals surface area (Å²) in [6.45, 7) is 4.55. The van der Waals surface area contributed by atoms with Crippen LogP contribution in [0.5, 0.6) is 0 Å². The molecule has 0 heterocycles. The molecule has 1 N–H and O–H groups in total. The summed E-state index contributed by atoms with van der Waals surface area (Å²) >= 11 is 2.38. The summed E-state index contributed by atoms with van der Waals surface area (Å²) in [5.74, 6) is 0. The molecule has 0 atom stereocenters. The van der Waals surface area contributed by atoms with E-state index in [1.165, 1.54) is 60.6 Å². The van der Waals surface area contributed by atoms with Crippen molar-refractivity contribution in [2.75, 3.05) is 5.32 Å². The summed E-state index contributed by atoms with van der Waals surface area (Å²) in [7, 11) is 0. The molecule has 0 saturated carbocycles. The summed E-state index contributed by atoms with van der Waals surface area (Å²) < 4.78 is 1.31. The fraction of sp³-hybridized carbons (Fsp3) is 0.647. The zero-order valence-electron chi connectivity index (χ0n) is 12.4. The SMILES string of the molecule is CCCCCC(CCCCC)Nc1cccc(I)c1. The van der Waals surface area contributed by atoms with Gasteiger partial charge in [-0.2, -0.15) is 0 Å². The molecule has 0 saturated heterocycles. The average molecular weight is 373 g/mol. The van der Waals surface area contributed by atoms with Gasteiger partial charge in [0.05, 0.1) is 0 Å². The van der Waals surface area contributed by atoms with Crippen molar-refractivity contribution in [3.05, 3.63) is 27.8 Å². The molecule has 0 radical (unpaired) electrons. The summed E-state index contributed by atoms with van der Waals surface area (Å²) in [5, 5.41) is 3.73. The maximum absolute atomic E-state index is 3.73. The van der Waals surface area contributed by atoms with Crippen LogP contribution in [0.15, 0.2) is 24.3 Å². The van der Waals surface area contributed by atoms with Gasteiger partial charge in [-0.3, -0.25) is 0 Å². The smallest absolute Gasteiger partial charge is 0.0352 e. The first-order chi connectivity index (χ1) is 9.26. The Morgan fingerprint density at radius 3 is 2.16 bits per heavy atom. The molecule has 1 rings (SSSR count). The molecule has 1 aromatic rings. The number of halogens is 1. The van der Waals surface area contributed by atoms with E-state index in [9.17, 15) is 0 Å². The molecule has 0 aliphatic carbocycles. The highest BCUT2D eigenvalue weighted by molar-refractivity contribution is 14.1. The van der Waals surface area contributed by atoms with Crippen molar-refractivity contribution in [1.29, 1.82) is 0 Å². The van der Waals surface area contributed by atoms with Crippen molar-refractivity contribution < 1.29 is 0 Å². The maximum Gasteiger partial charge on any atom is 0.0352 e. The van der Waals surface area contributed by atoms with Crippen LogP contribution in [0.2, 0.25) is 0 Å². The highest BCUT2D eigenvalue weighted by atomic mass is 127. The number of nitrogens with one attached hydrogen (secondary N) is 1. The number of rotatable bonds is 10. The molecule has 0 spiro atoms. The van der Waals surface area contributed by atoms with Crippen LogP contribution in [0.3, 0.4) is 0 Å². The molecule has 19 heavy (non-hydrogen) atoms. The molecular weight excluding hydrogens is 345 g/mol. The van der Waals surface area contributed by atoms with E-state index < -0.39 is 0 Å². The minimum atomic E-state index is 0.649.